The predicted molar refractivity (Wildman–Crippen MR) is 47.6 cm³/mol. The van der Waals surface area contributed by atoms with Crippen LogP contribution in [0.3, 0.4) is 0 Å². The normalized spacial score (nSPS) is 9.85. The van der Waals surface area contributed by atoms with Crippen LogP contribution >= 0.6 is 0 Å². The molecule has 1 aromatic heterocycles. The van der Waals surface area contributed by atoms with E-state index in [0.717, 1.165) is 12.4 Å². The Morgan fingerprint density at radius 2 is 2.54 bits per heavy atom. The molecule has 0 aliphatic rings. The lowest BCUT2D eigenvalue weighted by atomic mass is 10.4. The summed E-state index contributed by atoms with van der Waals surface area (Å²) in [6, 6.07) is 2.08. The predicted octanol–water partition coefficient (Wildman–Crippen LogP) is 0.301. The number of hydrogen-bond acceptors (Lipinski definition) is 4. The molecule has 0 amide bonds. The van der Waals surface area contributed by atoms with Crippen LogP contribution in [0.4, 0.5) is 0 Å². The Balaban J connectivity index is 2.51. The van der Waals surface area contributed by atoms with Gasteiger partial charge in [0.15, 0.2) is 0 Å². The number of nitriles is 1. The summed E-state index contributed by atoms with van der Waals surface area (Å²) in [6.45, 7) is 4.28. The molecule has 5 nitrogen and oxygen atoms in total. The van der Waals surface area contributed by atoms with E-state index < -0.39 is 0 Å². The van der Waals surface area contributed by atoms with Crippen molar-refractivity contribution in [1.82, 2.24) is 20.1 Å². The van der Waals surface area contributed by atoms with E-state index in [-0.39, 0.29) is 0 Å². The van der Waals surface area contributed by atoms with Gasteiger partial charge in [-0.3, -0.25) is 0 Å². The number of rotatable bonds is 5. The number of hydrogen-bond donors (Lipinski definition) is 1. The van der Waals surface area contributed by atoms with Gasteiger partial charge in [0.05, 0.1) is 25.6 Å². The van der Waals surface area contributed by atoms with Crippen LogP contribution in [-0.4, -0.2) is 21.3 Å². The van der Waals surface area contributed by atoms with Crippen LogP contribution in [0.1, 0.15) is 19.2 Å². The minimum absolute atomic E-state index is 0.475. The first-order valence-corrected chi connectivity index (χ1v) is 4.32. The highest BCUT2D eigenvalue weighted by Crippen LogP contribution is 1.94. The van der Waals surface area contributed by atoms with E-state index in [1.54, 1.807) is 4.68 Å². The van der Waals surface area contributed by atoms with Gasteiger partial charge in [0.1, 0.15) is 12.2 Å². The molecule has 0 aliphatic heterocycles. The van der Waals surface area contributed by atoms with E-state index in [4.69, 9.17) is 5.26 Å². The Bertz CT molecular complexity index is 285. The molecule has 0 atom stereocenters. The summed E-state index contributed by atoms with van der Waals surface area (Å²) in [5.41, 5.74) is 0. The number of nitrogens with zero attached hydrogens (tertiary/aromatic N) is 4. The Hall–Kier alpha value is -1.41. The van der Waals surface area contributed by atoms with Crippen molar-refractivity contribution in [1.29, 1.82) is 5.26 Å². The monoisotopic (exact) mass is 179 g/mol. The minimum atomic E-state index is 0.475. The van der Waals surface area contributed by atoms with E-state index in [9.17, 15) is 0 Å². The first-order valence-electron chi connectivity index (χ1n) is 4.32. The van der Waals surface area contributed by atoms with Gasteiger partial charge in [0.2, 0.25) is 0 Å². The van der Waals surface area contributed by atoms with E-state index in [1.165, 1.54) is 6.33 Å². The molecule has 70 valence electrons. The van der Waals surface area contributed by atoms with Crippen molar-refractivity contribution < 1.29 is 0 Å². The van der Waals surface area contributed by atoms with Crippen molar-refractivity contribution in [2.45, 2.75) is 26.4 Å². The number of nitrogens with one attached hydrogen (secondary N) is 1. The first kappa shape index (κ1) is 9.68. The molecule has 1 heterocycles. The fourth-order valence-corrected chi connectivity index (χ4v) is 1.00. The molecule has 0 bridgehead atoms. The topological polar surface area (TPSA) is 66.5 Å². The molecular formula is C8H13N5. The van der Waals surface area contributed by atoms with Crippen LogP contribution in [0.2, 0.25) is 0 Å². The molecular weight excluding hydrogens is 166 g/mol. The zero-order valence-corrected chi connectivity index (χ0v) is 7.69. The smallest absolute Gasteiger partial charge is 0.140 e. The molecule has 0 saturated heterocycles. The van der Waals surface area contributed by atoms with Gasteiger partial charge < -0.3 is 5.32 Å². The molecule has 1 N–H and O–H groups in total. The van der Waals surface area contributed by atoms with Crippen LogP contribution in [-0.2, 0) is 13.1 Å². The second-order valence-electron chi connectivity index (χ2n) is 2.59. The lowest BCUT2D eigenvalue weighted by molar-refractivity contribution is 0.563. The van der Waals surface area contributed by atoms with Crippen LogP contribution < -0.4 is 5.32 Å². The molecule has 0 fully saturated rings. The Morgan fingerprint density at radius 3 is 3.23 bits per heavy atom. The Kier molecular flexibility index (Phi) is 3.93. The number of aryl methyl sites for hydroxylation is 1. The molecule has 1 rings (SSSR count). The maximum atomic E-state index is 8.40. The maximum Gasteiger partial charge on any atom is 0.140 e. The van der Waals surface area contributed by atoms with Crippen molar-refractivity contribution in [2.75, 3.05) is 6.54 Å². The standard InChI is InChI=1S/C8H13N5/c1-2-10-6-8-11-7-12-13(8)5-3-4-9/h7,10H,2-3,5-6H2,1H3. The molecule has 13 heavy (non-hydrogen) atoms. The van der Waals surface area contributed by atoms with Gasteiger partial charge >= 0.3 is 0 Å². The van der Waals surface area contributed by atoms with Crippen LogP contribution in [0.25, 0.3) is 0 Å². The van der Waals surface area contributed by atoms with Gasteiger partial charge in [-0.2, -0.15) is 10.4 Å². The molecule has 0 aromatic carbocycles. The lowest BCUT2D eigenvalue weighted by Gasteiger charge is -2.03. The van der Waals surface area contributed by atoms with Crippen LogP contribution in [0.15, 0.2) is 6.33 Å². The fraction of sp³-hybridized carbons (Fsp3) is 0.625. The summed E-state index contributed by atoms with van der Waals surface area (Å²) in [4.78, 5) is 4.09. The average molecular weight is 179 g/mol. The Labute approximate surface area is 77.4 Å². The molecule has 1 aromatic rings. The fourth-order valence-electron chi connectivity index (χ4n) is 1.00. The van der Waals surface area contributed by atoms with Crippen molar-refractivity contribution in [3.63, 3.8) is 0 Å². The van der Waals surface area contributed by atoms with E-state index in [1.807, 2.05) is 6.92 Å². The maximum absolute atomic E-state index is 8.40. The first-order chi connectivity index (χ1) is 6.38. The SMILES string of the molecule is CCNCc1ncnn1CCC#N. The third kappa shape index (κ3) is 2.84. The third-order valence-corrected chi connectivity index (χ3v) is 1.66. The van der Waals surface area contributed by atoms with Crippen molar-refractivity contribution in [3.05, 3.63) is 12.2 Å². The summed E-state index contributed by atoms with van der Waals surface area (Å²) in [7, 11) is 0. The lowest BCUT2D eigenvalue weighted by Crippen LogP contribution is -2.17. The second kappa shape index (κ2) is 5.27. The summed E-state index contributed by atoms with van der Waals surface area (Å²) in [5, 5.41) is 15.6. The third-order valence-electron chi connectivity index (χ3n) is 1.66. The second-order valence-corrected chi connectivity index (χ2v) is 2.59. The largest absolute Gasteiger partial charge is 0.310 e. The van der Waals surface area contributed by atoms with E-state index >= 15 is 0 Å². The van der Waals surface area contributed by atoms with Gasteiger partial charge in [-0.15, -0.1) is 0 Å². The number of aromatic nitrogens is 3. The van der Waals surface area contributed by atoms with Gasteiger partial charge in [-0.25, -0.2) is 9.67 Å². The zero-order chi connectivity index (χ0) is 9.52. The van der Waals surface area contributed by atoms with Crippen LogP contribution in [0, 0.1) is 11.3 Å². The van der Waals surface area contributed by atoms with Crippen molar-refractivity contribution >= 4 is 0 Å². The summed E-state index contributed by atoms with van der Waals surface area (Å²) >= 11 is 0. The average Bonchev–Trinajstić information content (AvgIpc) is 2.59. The van der Waals surface area contributed by atoms with Gasteiger partial charge in [0, 0.05) is 0 Å². The molecule has 5 heteroatoms. The van der Waals surface area contributed by atoms with Gasteiger partial charge in [0.25, 0.3) is 0 Å². The van der Waals surface area contributed by atoms with Gasteiger partial charge in [-0.05, 0) is 6.54 Å². The van der Waals surface area contributed by atoms with Gasteiger partial charge in [-0.1, -0.05) is 6.92 Å². The Morgan fingerprint density at radius 1 is 1.69 bits per heavy atom. The highest BCUT2D eigenvalue weighted by molar-refractivity contribution is 4.84. The van der Waals surface area contributed by atoms with Crippen LogP contribution in [0.5, 0.6) is 0 Å². The summed E-state index contributed by atoms with van der Waals surface area (Å²) < 4.78 is 1.76. The highest BCUT2D eigenvalue weighted by Gasteiger charge is 2.01. The highest BCUT2D eigenvalue weighted by atomic mass is 15.3. The molecule has 0 unspecified atom stereocenters. The van der Waals surface area contributed by atoms with E-state index in [2.05, 4.69) is 21.5 Å². The summed E-state index contributed by atoms with van der Waals surface area (Å²) in [6.07, 6.45) is 1.99. The molecule has 0 aliphatic carbocycles. The van der Waals surface area contributed by atoms with E-state index in [0.29, 0.717) is 19.5 Å². The molecule has 0 radical (unpaired) electrons. The zero-order valence-electron chi connectivity index (χ0n) is 7.69. The molecule has 0 saturated carbocycles. The summed E-state index contributed by atoms with van der Waals surface area (Å²) in [5.74, 6) is 0.886. The van der Waals surface area contributed by atoms with Crippen molar-refractivity contribution in [2.24, 2.45) is 0 Å². The minimum Gasteiger partial charge on any atom is -0.310 e. The quantitative estimate of drug-likeness (QED) is 0.706. The molecule has 0 spiro atoms. The van der Waals surface area contributed by atoms with Crippen molar-refractivity contribution in [3.8, 4) is 6.07 Å².